The van der Waals surface area contributed by atoms with E-state index in [-0.39, 0.29) is 18.2 Å². The van der Waals surface area contributed by atoms with Gasteiger partial charge in [0.2, 0.25) is 0 Å². The molecule has 26 heavy (non-hydrogen) atoms. The Balaban J connectivity index is 0.00000196. The molecule has 0 spiro atoms. The van der Waals surface area contributed by atoms with Crippen molar-refractivity contribution in [3.8, 4) is 23.0 Å². The van der Waals surface area contributed by atoms with Crippen LogP contribution >= 0.6 is 12.4 Å². The molecule has 0 fully saturated rings. The number of rotatable bonds is 3. The van der Waals surface area contributed by atoms with Crippen LogP contribution in [-0.2, 0) is 13.0 Å². The SMILES string of the molecule is COc1cc2c(cc1O)CCN1Cc3c(ccc(OC)c3OC)C=C21.Cl. The van der Waals surface area contributed by atoms with Crippen molar-refractivity contribution in [2.75, 3.05) is 27.9 Å². The molecule has 6 heteroatoms. The summed E-state index contributed by atoms with van der Waals surface area (Å²) in [4.78, 5) is 2.34. The van der Waals surface area contributed by atoms with E-state index in [4.69, 9.17) is 14.2 Å². The van der Waals surface area contributed by atoms with Crippen LogP contribution in [0.3, 0.4) is 0 Å². The molecule has 138 valence electrons. The van der Waals surface area contributed by atoms with Crippen molar-refractivity contribution in [2.45, 2.75) is 13.0 Å². The van der Waals surface area contributed by atoms with Gasteiger partial charge >= 0.3 is 0 Å². The number of hydrogen-bond donors (Lipinski definition) is 1. The molecule has 5 nitrogen and oxygen atoms in total. The van der Waals surface area contributed by atoms with Crippen molar-refractivity contribution >= 4 is 24.2 Å². The molecule has 1 N–H and O–H groups in total. The van der Waals surface area contributed by atoms with Gasteiger partial charge in [0.25, 0.3) is 0 Å². The van der Waals surface area contributed by atoms with Gasteiger partial charge in [-0.1, -0.05) is 6.07 Å². The molecular weight excluding hydrogens is 354 g/mol. The lowest BCUT2D eigenvalue weighted by atomic mass is 9.90. The molecule has 4 rings (SSSR count). The molecule has 0 saturated heterocycles. The van der Waals surface area contributed by atoms with E-state index in [1.807, 2.05) is 18.2 Å². The van der Waals surface area contributed by atoms with Crippen LogP contribution in [0.1, 0.15) is 22.3 Å². The summed E-state index contributed by atoms with van der Waals surface area (Å²) in [5, 5.41) is 10.1. The minimum atomic E-state index is 0. The van der Waals surface area contributed by atoms with Crippen LogP contribution in [0.25, 0.3) is 11.8 Å². The highest BCUT2D eigenvalue weighted by Crippen LogP contribution is 2.44. The normalized spacial score (nSPS) is 14.3. The van der Waals surface area contributed by atoms with Crippen LogP contribution < -0.4 is 14.2 Å². The Kier molecular flexibility index (Phi) is 4.92. The zero-order valence-corrected chi connectivity index (χ0v) is 15.9. The Hall–Kier alpha value is -2.53. The van der Waals surface area contributed by atoms with Gasteiger partial charge in [-0.25, -0.2) is 0 Å². The first-order chi connectivity index (χ1) is 12.2. The number of benzene rings is 2. The van der Waals surface area contributed by atoms with Gasteiger partial charge in [0, 0.05) is 29.9 Å². The van der Waals surface area contributed by atoms with Crippen LogP contribution in [0.15, 0.2) is 24.3 Å². The molecule has 2 aromatic rings. The summed E-state index contributed by atoms with van der Waals surface area (Å²) >= 11 is 0. The fraction of sp³-hybridized carbons (Fsp3) is 0.300. The summed E-state index contributed by atoms with van der Waals surface area (Å²) in [6.07, 6.45) is 3.06. The summed E-state index contributed by atoms with van der Waals surface area (Å²) in [7, 11) is 4.91. The molecule has 0 atom stereocenters. The van der Waals surface area contributed by atoms with Crippen molar-refractivity contribution in [1.82, 2.24) is 4.90 Å². The van der Waals surface area contributed by atoms with E-state index in [0.29, 0.717) is 5.75 Å². The minimum absolute atomic E-state index is 0. The number of ether oxygens (including phenoxy) is 3. The van der Waals surface area contributed by atoms with Crippen molar-refractivity contribution in [3.63, 3.8) is 0 Å². The van der Waals surface area contributed by atoms with Gasteiger partial charge in [0.15, 0.2) is 23.0 Å². The molecule has 2 heterocycles. The lowest BCUT2D eigenvalue weighted by molar-refractivity contribution is 0.333. The van der Waals surface area contributed by atoms with Crippen LogP contribution in [0, 0.1) is 0 Å². The third-order valence-corrected chi connectivity index (χ3v) is 5.00. The van der Waals surface area contributed by atoms with Gasteiger partial charge in [-0.15, -0.1) is 12.4 Å². The Morgan fingerprint density at radius 3 is 2.46 bits per heavy atom. The first-order valence-electron chi connectivity index (χ1n) is 8.27. The third-order valence-electron chi connectivity index (χ3n) is 5.00. The van der Waals surface area contributed by atoms with E-state index >= 15 is 0 Å². The van der Waals surface area contributed by atoms with Crippen molar-refractivity contribution in [2.24, 2.45) is 0 Å². The zero-order valence-electron chi connectivity index (χ0n) is 15.0. The topological polar surface area (TPSA) is 51.2 Å². The second kappa shape index (κ2) is 7.00. The summed E-state index contributed by atoms with van der Waals surface area (Å²) < 4.78 is 16.3. The molecule has 0 aromatic heterocycles. The van der Waals surface area contributed by atoms with Crippen molar-refractivity contribution < 1.29 is 19.3 Å². The van der Waals surface area contributed by atoms with Crippen LogP contribution in [0.5, 0.6) is 23.0 Å². The largest absolute Gasteiger partial charge is 0.504 e. The van der Waals surface area contributed by atoms with Crippen molar-refractivity contribution in [1.29, 1.82) is 0 Å². The molecule has 2 aliphatic heterocycles. The summed E-state index contributed by atoms with van der Waals surface area (Å²) in [5.74, 6) is 2.24. The summed E-state index contributed by atoms with van der Waals surface area (Å²) in [6.45, 7) is 1.66. The van der Waals surface area contributed by atoms with Crippen LogP contribution in [0.2, 0.25) is 0 Å². The highest BCUT2D eigenvalue weighted by molar-refractivity contribution is 5.87. The van der Waals surface area contributed by atoms with E-state index < -0.39 is 0 Å². The Morgan fingerprint density at radius 2 is 1.77 bits per heavy atom. The predicted octanol–water partition coefficient (Wildman–Crippen LogP) is 3.71. The monoisotopic (exact) mass is 375 g/mol. The third kappa shape index (κ3) is 2.72. The Morgan fingerprint density at radius 1 is 1.00 bits per heavy atom. The Bertz CT molecular complexity index is 879. The quantitative estimate of drug-likeness (QED) is 0.886. The maximum Gasteiger partial charge on any atom is 0.166 e. The Labute approximate surface area is 159 Å². The second-order valence-corrected chi connectivity index (χ2v) is 6.25. The molecule has 2 aromatic carbocycles. The van der Waals surface area contributed by atoms with E-state index in [0.717, 1.165) is 59.0 Å². The first kappa shape index (κ1) is 18.3. The van der Waals surface area contributed by atoms with E-state index in [2.05, 4.69) is 17.0 Å². The lowest BCUT2D eigenvalue weighted by Crippen LogP contribution is -2.31. The second-order valence-electron chi connectivity index (χ2n) is 6.25. The molecule has 0 radical (unpaired) electrons. The summed E-state index contributed by atoms with van der Waals surface area (Å²) in [5.41, 5.74) is 5.67. The lowest BCUT2D eigenvalue weighted by Gasteiger charge is -2.37. The highest BCUT2D eigenvalue weighted by atomic mass is 35.5. The maximum atomic E-state index is 10.1. The first-order valence-corrected chi connectivity index (χ1v) is 8.27. The fourth-order valence-electron chi connectivity index (χ4n) is 3.74. The number of hydrogen-bond acceptors (Lipinski definition) is 5. The van der Waals surface area contributed by atoms with Gasteiger partial charge in [-0.3, -0.25) is 0 Å². The number of halogens is 1. The number of aromatic hydroxyl groups is 1. The maximum absolute atomic E-state index is 10.1. The fourth-order valence-corrected chi connectivity index (χ4v) is 3.74. The molecule has 0 amide bonds. The van der Waals surface area contributed by atoms with Gasteiger partial charge in [-0.2, -0.15) is 0 Å². The van der Waals surface area contributed by atoms with Gasteiger partial charge < -0.3 is 24.2 Å². The molecule has 0 bridgehead atoms. The van der Waals surface area contributed by atoms with Crippen LogP contribution in [0.4, 0.5) is 0 Å². The van der Waals surface area contributed by atoms with Gasteiger partial charge in [0.05, 0.1) is 21.3 Å². The number of phenols is 1. The summed E-state index contributed by atoms with van der Waals surface area (Å²) in [6, 6.07) is 7.74. The zero-order chi connectivity index (χ0) is 17.6. The number of nitrogens with zero attached hydrogens (tertiary/aromatic N) is 1. The highest BCUT2D eigenvalue weighted by Gasteiger charge is 2.29. The van der Waals surface area contributed by atoms with Gasteiger partial charge in [-0.05, 0) is 41.8 Å². The minimum Gasteiger partial charge on any atom is -0.504 e. The number of methoxy groups -OCH3 is 3. The van der Waals surface area contributed by atoms with E-state index in [1.54, 1.807) is 21.3 Å². The molecule has 2 aliphatic rings. The van der Waals surface area contributed by atoms with Gasteiger partial charge in [0.1, 0.15) is 0 Å². The molecule has 0 aliphatic carbocycles. The molecular formula is C20H22ClNO4. The smallest absolute Gasteiger partial charge is 0.166 e. The van der Waals surface area contributed by atoms with E-state index in [1.165, 1.54) is 0 Å². The van der Waals surface area contributed by atoms with Crippen molar-refractivity contribution in [3.05, 3.63) is 46.5 Å². The number of fused-ring (bicyclic) bond motifs is 4. The number of phenolic OH excluding ortho intramolecular Hbond substituents is 1. The molecule has 0 saturated carbocycles. The molecule has 0 unspecified atom stereocenters. The van der Waals surface area contributed by atoms with E-state index in [9.17, 15) is 5.11 Å². The van der Waals surface area contributed by atoms with Crippen LogP contribution in [-0.4, -0.2) is 37.9 Å². The average molecular weight is 376 g/mol. The average Bonchev–Trinajstić information content (AvgIpc) is 2.64. The predicted molar refractivity (Wildman–Crippen MR) is 103 cm³/mol. The standard InChI is InChI=1S/C20H21NO4.ClH/c1-23-18-5-4-12-8-16-14-10-19(24-2)17(22)9-13(14)6-7-21(16)11-15(12)20(18)25-3;/h4-5,8-10,22H,6-7,11H2,1-3H3;1H.